The van der Waals surface area contributed by atoms with Gasteiger partial charge in [0.05, 0.1) is 11.2 Å². The van der Waals surface area contributed by atoms with Gasteiger partial charge in [-0.3, -0.25) is 4.79 Å². The fourth-order valence-electron chi connectivity index (χ4n) is 2.71. The summed E-state index contributed by atoms with van der Waals surface area (Å²) in [6.07, 6.45) is 0.973. The van der Waals surface area contributed by atoms with E-state index in [2.05, 4.69) is 11.9 Å². The molecular formula is C16H21Cl2N3OS. The predicted molar refractivity (Wildman–Crippen MR) is 99.7 cm³/mol. The summed E-state index contributed by atoms with van der Waals surface area (Å²) in [6, 6.07) is 7.70. The molecule has 0 saturated carbocycles. The Morgan fingerprint density at radius 1 is 1.43 bits per heavy atom. The summed E-state index contributed by atoms with van der Waals surface area (Å²) in [7, 11) is 0. The molecule has 23 heavy (non-hydrogen) atoms. The van der Waals surface area contributed by atoms with Gasteiger partial charge >= 0.3 is 0 Å². The van der Waals surface area contributed by atoms with Crippen molar-refractivity contribution in [2.75, 3.05) is 19.6 Å². The number of halogens is 2. The average molecular weight is 374 g/mol. The second-order valence-electron chi connectivity index (χ2n) is 5.95. The zero-order valence-corrected chi connectivity index (χ0v) is 15.3. The lowest BCUT2D eigenvalue weighted by Crippen LogP contribution is -2.34. The zero-order chi connectivity index (χ0) is 14.9. The average Bonchev–Trinajstić information content (AvgIpc) is 3.17. The molecule has 1 aliphatic rings. The summed E-state index contributed by atoms with van der Waals surface area (Å²) in [6.45, 7) is 4.29. The lowest BCUT2D eigenvalue weighted by molar-refractivity contribution is 0.0777. The number of benzene rings is 1. The van der Waals surface area contributed by atoms with Gasteiger partial charge in [0.1, 0.15) is 0 Å². The summed E-state index contributed by atoms with van der Waals surface area (Å²) in [5, 5.41) is 1.99. The Morgan fingerprint density at radius 3 is 2.83 bits per heavy atom. The van der Waals surface area contributed by atoms with Crippen LogP contribution < -0.4 is 5.73 Å². The molecule has 126 valence electrons. The Bertz CT molecular complexity index is 651. The molecule has 0 spiro atoms. The molecule has 1 amide bonds. The maximum atomic E-state index is 12.6. The SMILES string of the molecule is CC1(CN)CCN(C(=O)c2cccc(-c3cscn3)c2)C1.Cl.Cl. The third kappa shape index (κ3) is 4.23. The van der Waals surface area contributed by atoms with E-state index in [0.717, 1.165) is 36.3 Å². The number of nitrogens with zero attached hydrogens (tertiary/aromatic N) is 2. The second kappa shape index (κ2) is 8.11. The molecule has 0 radical (unpaired) electrons. The third-order valence-corrected chi connectivity index (χ3v) is 4.76. The van der Waals surface area contributed by atoms with Crippen molar-refractivity contribution in [1.82, 2.24) is 9.88 Å². The number of thiazole rings is 1. The molecule has 3 rings (SSSR count). The van der Waals surface area contributed by atoms with Gasteiger partial charge in [-0.1, -0.05) is 19.1 Å². The summed E-state index contributed by atoms with van der Waals surface area (Å²) in [4.78, 5) is 18.8. The first-order chi connectivity index (χ1) is 10.1. The molecule has 1 unspecified atom stereocenters. The van der Waals surface area contributed by atoms with Gasteiger partial charge in [0.25, 0.3) is 5.91 Å². The van der Waals surface area contributed by atoms with Crippen LogP contribution in [0.15, 0.2) is 35.2 Å². The normalized spacial score (nSPS) is 19.8. The van der Waals surface area contributed by atoms with Crippen LogP contribution in [0.2, 0.25) is 0 Å². The van der Waals surface area contributed by atoms with Crippen LogP contribution in [0.25, 0.3) is 11.3 Å². The van der Waals surface area contributed by atoms with Crippen molar-refractivity contribution in [3.63, 3.8) is 0 Å². The van der Waals surface area contributed by atoms with E-state index in [1.54, 1.807) is 16.8 Å². The minimum Gasteiger partial charge on any atom is -0.338 e. The molecule has 1 aromatic carbocycles. The van der Waals surface area contributed by atoms with Crippen molar-refractivity contribution in [2.45, 2.75) is 13.3 Å². The van der Waals surface area contributed by atoms with Crippen LogP contribution in [-0.2, 0) is 0 Å². The Hall–Kier alpha value is -1.14. The summed E-state index contributed by atoms with van der Waals surface area (Å²) in [5.41, 5.74) is 10.3. The topological polar surface area (TPSA) is 59.2 Å². The molecule has 4 nitrogen and oxygen atoms in total. The molecule has 7 heteroatoms. The maximum absolute atomic E-state index is 12.6. The number of carbonyl (C=O) groups is 1. The smallest absolute Gasteiger partial charge is 0.253 e. The van der Waals surface area contributed by atoms with Gasteiger partial charge in [0.2, 0.25) is 0 Å². The van der Waals surface area contributed by atoms with Crippen LogP contribution >= 0.6 is 36.2 Å². The van der Waals surface area contributed by atoms with Crippen LogP contribution in [0.1, 0.15) is 23.7 Å². The first-order valence-electron chi connectivity index (χ1n) is 7.09. The van der Waals surface area contributed by atoms with E-state index < -0.39 is 0 Å². The number of nitrogens with two attached hydrogens (primary N) is 1. The molecule has 1 aliphatic heterocycles. The number of aromatic nitrogens is 1. The van der Waals surface area contributed by atoms with Crippen LogP contribution in [0.5, 0.6) is 0 Å². The van der Waals surface area contributed by atoms with E-state index in [0.29, 0.717) is 6.54 Å². The molecule has 1 aromatic heterocycles. The maximum Gasteiger partial charge on any atom is 0.253 e. The summed E-state index contributed by atoms with van der Waals surface area (Å²) >= 11 is 1.56. The summed E-state index contributed by atoms with van der Waals surface area (Å²) in [5.74, 6) is 0.0873. The highest BCUT2D eigenvalue weighted by Crippen LogP contribution is 2.30. The predicted octanol–water partition coefficient (Wildman–Crippen LogP) is 3.46. The van der Waals surface area contributed by atoms with Gasteiger partial charge in [-0.25, -0.2) is 4.98 Å². The molecule has 1 saturated heterocycles. The fourth-order valence-corrected chi connectivity index (χ4v) is 3.27. The van der Waals surface area contributed by atoms with Crippen LogP contribution in [0.4, 0.5) is 0 Å². The van der Waals surface area contributed by atoms with Crippen molar-refractivity contribution >= 4 is 42.1 Å². The second-order valence-corrected chi connectivity index (χ2v) is 6.66. The Labute approximate surface area is 152 Å². The van der Waals surface area contributed by atoms with Gasteiger partial charge in [0.15, 0.2) is 0 Å². The van der Waals surface area contributed by atoms with Crippen molar-refractivity contribution in [1.29, 1.82) is 0 Å². The van der Waals surface area contributed by atoms with Gasteiger partial charge in [-0.05, 0) is 30.5 Å². The molecule has 1 fully saturated rings. The quantitative estimate of drug-likeness (QED) is 0.895. The number of hydrogen-bond donors (Lipinski definition) is 1. The first kappa shape index (κ1) is 19.9. The standard InChI is InChI=1S/C16H19N3OS.2ClH/c1-16(9-17)5-6-19(10-16)15(20)13-4-2-3-12(7-13)14-8-21-11-18-14;;/h2-4,7-8,11H,5-6,9-10,17H2,1H3;2*1H. The van der Waals surface area contributed by atoms with E-state index in [-0.39, 0.29) is 36.1 Å². The highest BCUT2D eigenvalue weighted by molar-refractivity contribution is 7.07. The van der Waals surface area contributed by atoms with Crippen LogP contribution in [0, 0.1) is 5.41 Å². The molecule has 2 N–H and O–H groups in total. The first-order valence-corrected chi connectivity index (χ1v) is 8.04. The van der Waals surface area contributed by atoms with Gasteiger partial charge in [-0.15, -0.1) is 36.2 Å². The van der Waals surface area contributed by atoms with E-state index in [4.69, 9.17) is 5.73 Å². The zero-order valence-electron chi connectivity index (χ0n) is 12.9. The largest absolute Gasteiger partial charge is 0.338 e. The molecule has 1 atom stereocenters. The highest BCUT2D eigenvalue weighted by Gasteiger charge is 2.35. The van der Waals surface area contributed by atoms with Crippen LogP contribution in [-0.4, -0.2) is 35.4 Å². The van der Waals surface area contributed by atoms with Crippen molar-refractivity contribution in [3.8, 4) is 11.3 Å². The lowest BCUT2D eigenvalue weighted by Gasteiger charge is -2.22. The minimum atomic E-state index is 0. The van der Waals surface area contributed by atoms with Crippen molar-refractivity contribution < 1.29 is 4.79 Å². The van der Waals surface area contributed by atoms with Gasteiger partial charge < -0.3 is 10.6 Å². The highest BCUT2D eigenvalue weighted by atomic mass is 35.5. The molecule has 0 bridgehead atoms. The number of amides is 1. The molecule has 2 aromatic rings. The minimum absolute atomic E-state index is 0. The third-order valence-electron chi connectivity index (χ3n) is 4.18. The van der Waals surface area contributed by atoms with Gasteiger partial charge in [0, 0.05) is 29.6 Å². The fraction of sp³-hybridized carbons (Fsp3) is 0.375. The molecule has 0 aliphatic carbocycles. The number of likely N-dealkylation sites (tertiary alicyclic amines) is 1. The molecule has 2 heterocycles. The number of hydrogen-bond acceptors (Lipinski definition) is 4. The van der Waals surface area contributed by atoms with Crippen molar-refractivity contribution in [2.24, 2.45) is 11.1 Å². The lowest BCUT2D eigenvalue weighted by atomic mass is 9.90. The molecular weight excluding hydrogens is 353 g/mol. The Balaban J connectivity index is 0.00000132. The summed E-state index contributed by atoms with van der Waals surface area (Å²) < 4.78 is 0. The van der Waals surface area contributed by atoms with Gasteiger partial charge in [-0.2, -0.15) is 0 Å². The number of carbonyl (C=O) groups excluding carboxylic acids is 1. The van der Waals surface area contributed by atoms with E-state index >= 15 is 0 Å². The van der Waals surface area contributed by atoms with Crippen molar-refractivity contribution in [3.05, 3.63) is 40.7 Å². The Kier molecular flexibility index (Phi) is 7.02. The van der Waals surface area contributed by atoms with E-state index in [1.165, 1.54) is 0 Å². The monoisotopic (exact) mass is 373 g/mol. The van der Waals surface area contributed by atoms with E-state index in [1.807, 2.05) is 34.5 Å². The number of rotatable bonds is 3. The van der Waals surface area contributed by atoms with Crippen LogP contribution in [0.3, 0.4) is 0 Å². The van der Waals surface area contributed by atoms with E-state index in [9.17, 15) is 4.79 Å². The Morgan fingerprint density at radius 2 is 2.22 bits per heavy atom.